The largest absolute Gasteiger partial charge is 0.413 e. The Kier molecular flexibility index (Phi) is 10.1. The van der Waals surface area contributed by atoms with Crippen LogP contribution < -0.4 is 21.3 Å². The van der Waals surface area contributed by atoms with Crippen LogP contribution in [0.2, 0.25) is 0 Å². The van der Waals surface area contributed by atoms with Crippen LogP contribution in [0.25, 0.3) is 0 Å². The molecule has 4 N–H and O–H groups in total. The highest BCUT2D eigenvalue weighted by Crippen LogP contribution is 2.57. The van der Waals surface area contributed by atoms with Gasteiger partial charge in [0.1, 0.15) is 5.92 Å². The Bertz CT molecular complexity index is 914. The summed E-state index contributed by atoms with van der Waals surface area (Å²) in [5, 5.41) is 11.5. The van der Waals surface area contributed by atoms with Gasteiger partial charge < -0.3 is 30.7 Å². The molecule has 5 saturated heterocycles. The Morgan fingerprint density at radius 2 is 1.33 bits per heavy atom. The summed E-state index contributed by atoms with van der Waals surface area (Å²) < 4.78 is 143. The van der Waals surface area contributed by atoms with Gasteiger partial charge >= 0.3 is 24.6 Å². The van der Waals surface area contributed by atoms with E-state index in [9.17, 15) is 48.3 Å². The van der Waals surface area contributed by atoms with Crippen molar-refractivity contribution in [1.29, 1.82) is 0 Å². The zero-order valence-corrected chi connectivity index (χ0v) is 23.3. The van der Waals surface area contributed by atoms with Gasteiger partial charge in [0.15, 0.2) is 0 Å². The molecule has 1 saturated carbocycles. The van der Waals surface area contributed by atoms with Crippen molar-refractivity contribution >= 4 is 0 Å². The van der Waals surface area contributed by atoms with Crippen molar-refractivity contribution in [2.75, 3.05) is 59.0 Å². The van der Waals surface area contributed by atoms with Crippen LogP contribution >= 0.6 is 0 Å². The topological polar surface area (TPSA) is 66.6 Å². The Morgan fingerprint density at radius 3 is 1.65 bits per heavy atom. The molecule has 0 radical (unpaired) electrons. The molecule has 6 fully saturated rings. The van der Waals surface area contributed by atoms with E-state index in [-0.39, 0.29) is 19.6 Å². The third-order valence-electron chi connectivity index (χ3n) is 9.33. The van der Waals surface area contributed by atoms with Gasteiger partial charge in [-0.05, 0) is 57.2 Å². The fourth-order valence-electron chi connectivity index (χ4n) is 6.72. The third kappa shape index (κ3) is 8.12. The van der Waals surface area contributed by atoms with Crippen molar-refractivity contribution in [3.05, 3.63) is 11.6 Å². The molecule has 1 aliphatic carbocycles. The van der Waals surface area contributed by atoms with Crippen LogP contribution in [-0.4, -0.2) is 94.8 Å². The van der Waals surface area contributed by atoms with Crippen LogP contribution in [-0.2, 0) is 9.47 Å². The molecule has 5 unspecified atom stereocenters. The highest BCUT2D eigenvalue weighted by Gasteiger charge is 2.62. The number of nitrogens with one attached hydrogen (secondary N) is 4. The van der Waals surface area contributed by atoms with Crippen LogP contribution in [0.3, 0.4) is 0 Å². The smallest absolute Gasteiger partial charge is 0.372 e. The van der Waals surface area contributed by atoms with Gasteiger partial charge in [-0.15, -0.1) is 0 Å². The van der Waals surface area contributed by atoms with E-state index >= 15 is 0 Å². The summed E-state index contributed by atoms with van der Waals surface area (Å²) in [4.78, 5) is 0. The lowest BCUT2D eigenvalue weighted by molar-refractivity contribution is -0.389. The molecule has 250 valence electrons. The van der Waals surface area contributed by atoms with Crippen molar-refractivity contribution in [2.24, 2.45) is 17.3 Å². The van der Waals surface area contributed by atoms with Gasteiger partial charge in [0, 0.05) is 38.3 Å². The molecule has 6 heterocycles. The van der Waals surface area contributed by atoms with Crippen LogP contribution in [0.15, 0.2) is 11.6 Å². The molecule has 6 nitrogen and oxygen atoms in total. The first-order valence-corrected chi connectivity index (χ1v) is 14.3. The van der Waals surface area contributed by atoms with Crippen molar-refractivity contribution in [2.45, 2.75) is 74.4 Å². The fourth-order valence-corrected chi connectivity index (χ4v) is 6.72. The molecule has 6 aliphatic heterocycles. The first-order valence-electron chi connectivity index (χ1n) is 14.3. The van der Waals surface area contributed by atoms with Crippen molar-refractivity contribution < 1.29 is 57.8 Å². The van der Waals surface area contributed by atoms with E-state index in [1.165, 1.54) is 6.08 Å². The highest BCUT2D eigenvalue weighted by atomic mass is 19.4. The van der Waals surface area contributed by atoms with Gasteiger partial charge in [-0.2, -0.15) is 48.3 Å². The zero-order chi connectivity index (χ0) is 31.8. The van der Waals surface area contributed by atoms with Crippen LogP contribution in [0, 0.1) is 17.3 Å². The molecule has 7 rings (SSSR count). The maximum absolute atomic E-state index is 12.4. The van der Waals surface area contributed by atoms with E-state index < -0.39 is 58.7 Å². The number of halogens is 11. The standard InChI is InChI=1S/C8H12F3N.C7H10F3NO.C6H9F2NO.C5H6F3N/c9-8(10,11)6-1-2-7(6)3-4-12-5-7;8-7(9,10)5-3-12-6(5)1-2-11-4-6;7-6(8)3-5(10-6)1-2-9-4-5;6-5(7,8)4-1-2-9-3-4/h6,12H,1-5H2;5,11H,1-4H2;9H,1-4H2;1,9H,2-3H2. The highest BCUT2D eigenvalue weighted by molar-refractivity contribution is 5.16. The number of alkyl halides is 11. The summed E-state index contributed by atoms with van der Waals surface area (Å²) in [5.74, 6) is -2.28. The molecule has 43 heavy (non-hydrogen) atoms. The summed E-state index contributed by atoms with van der Waals surface area (Å²) in [5.41, 5.74) is -2.30. The zero-order valence-electron chi connectivity index (χ0n) is 23.3. The van der Waals surface area contributed by atoms with E-state index in [4.69, 9.17) is 4.74 Å². The molecular weight excluding hydrogens is 609 g/mol. The second-order valence-electron chi connectivity index (χ2n) is 12.2. The lowest BCUT2D eigenvalue weighted by Gasteiger charge is -2.47. The quantitative estimate of drug-likeness (QED) is 0.227. The van der Waals surface area contributed by atoms with Crippen molar-refractivity contribution in [1.82, 2.24) is 21.3 Å². The van der Waals surface area contributed by atoms with Crippen molar-refractivity contribution in [3.8, 4) is 0 Å². The van der Waals surface area contributed by atoms with E-state index in [0.717, 1.165) is 25.9 Å². The number of rotatable bonds is 0. The fraction of sp³-hybridized carbons (Fsp3) is 0.923. The summed E-state index contributed by atoms with van der Waals surface area (Å²) in [7, 11) is 0. The molecule has 7 aliphatic rings. The third-order valence-corrected chi connectivity index (χ3v) is 9.33. The number of ether oxygens (including phenoxy) is 2. The number of hydrogen-bond acceptors (Lipinski definition) is 6. The number of hydrogen-bond donors (Lipinski definition) is 4. The van der Waals surface area contributed by atoms with E-state index in [1.807, 2.05) is 0 Å². The Labute approximate surface area is 241 Å². The molecule has 0 aromatic carbocycles. The van der Waals surface area contributed by atoms with Gasteiger partial charge in [0.05, 0.1) is 30.1 Å². The molecule has 0 aromatic rings. The van der Waals surface area contributed by atoms with E-state index in [1.54, 1.807) is 0 Å². The minimum absolute atomic E-state index is 0.0382. The Hall–Kier alpha value is -1.27. The predicted molar refractivity (Wildman–Crippen MR) is 132 cm³/mol. The van der Waals surface area contributed by atoms with Crippen LogP contribution in [0.4, 0.5) is 48.3 Å². The Balaban J connectivity index is 0.000000132. The summed E-state index contributed by atoms with van der Waals surface area (Å²) >= 11 is 0. The summed E-state index contributed by atoms with van der Waals surface area (Å²) in [6.07, 6.45) is -11.0. The molecule has 5 atom stereocenters. The monoisotopic (exact) mass is 646 g/mol. The molecule has 17 heteroatoms. The minimum atomic E-state index is -4.12. The van der Waals surface area contributed by atoms with Crippen LogP contribution in [0.5, 0.6) is 0 Å². The summed E-state index contributed by atoms with van der Waals surface area (Å²) in [6.45, 7) is 3.83. The van der Waals surface area contributed by atoms with Gasteiger partial charge in [0.2, 0.25) is 0 Å². The van der Waals surface area contributed by atoms with E-state index in [2.05, 4.69) is 26.0 Å². The first kappa shape index (κ1) is 34.6. The van der Waals surface area contributed by atoms with Gasteiger partial charge in [-0.1, -0.05) is 6.08 Å². The average molecular weight is 647 g/mol. The second-order valence-corrected chi connectivity index (χ2v) is 12.2. The normalized spacial score (nSPS) is 37.7. The molecule has 0 aromatic heterocycles. The lowest BCUT2D eigenvalue weighted by atomic mass is 9.59. The summed E-state index contributed by atoms with van der Waals surface area (Å²) in [6, 6.07) is 0. The second kappa shape index (κ2) is 12.5. The van der Waals surface area contributed by atoms with Gasteiger partial charge in [-0.25, -0.2) is 0 Å². The molecule has 3 spiro atoms. The maximum Gasteiger partial charge on any atom is 0.413 e. The maximum atomic E-state index is 12.4. The van der Waals surface area contributed by atoms with Crippen molar-refractivity contribution in [3.63, 3.8) is 0 Å². The van der Waals surface area contributed by atoms with Gasteiger partial charge in [0.25, 0.3) is 0 Å². The lowest BCUT2D eigenvalue weighted by Crippen LogP contribution is -2.60. The molecule has 0 amide bonds. The van der Waals surface area contributed by atoms with Crippen LogP contribution in [0.1, 0.15) is 38.5 Å². The predicted octanol–water partition coefficient (Wildman–Crippen LogP) is 4.68. The molecular formula is C26H37F11N4O2. The average Bonchev–Trinajstić information content (AvgIpc) is 3.64. The molecule has 0 bridgehead atoms. The SMILES string of the molecule is FC(F)(F)C1=CCNC1.FC(F)(F)C1CCC12CCNC2.FC(F)(F)C1COC12CCNC2.FC1(F)CC2(CCNC2)O1. The Morgan fingerprint density at radius 1 is 0.721 bits per heavy atom. The van der Waals surface area contributed by atoms with Gasteiger partial charge in [-0.3, -0.25) is 0 Å². The van der Waals surface area contributed by atoms with E-state index in [0.29, 0.717) is 52.0 Å². The first-order chi connectivity index (χ1) is 19.8. The minimum Gasteiger partial charge on any atom is -0.372 e.